The molecule has 35 heavy (non-hydrogen) atoms. The summed E-state index contributed by atoms with van der Waals surface area (Å²) in [6.07, 6.45) is 5.13. The maximum absolute atomic E-state index is 12.9. The molecule has 0 unspecified atom stereocenters. The molecule has 0 saturated carbocycles. The van der Waals surface area contributed by atoms with Gasteiger partial charge in [-0.3, -0.25) is 9.59 Å². The number of carbonyl (C=O) groups is 2. The van der Waals surface area contributed by atoms with Crippen molar-refractivity contribution in [2.75, 3.05) is 39.4 Å². The fourth-order valence-corrected chi connectivity index (χ4v) is 4.33. The van der Waals surface area contributed by atoms with E-state index >= 15 is 0 Å². The number of hydrogen-bond donors (Lipinski definition) is 0. The molecule has 5 nitrogen and oxygen atoms in total. The molecular weight excluding hydrogens is 436 g/mol. The van der Waals surface area contributed by atoms with Crippen molar-refractivity contribution >= 4 is 11.8 Å². The summed E-state index contributed by atoms with van der Waals surface area (Å²) in [5.41, 5.74) is 2.17. The van der Waals surface area contributed by atoms with E-state index in [9.17, 15) is 9.59 Å². The van der Waals surface area contributed by atoms with Crippen molar-refractivity contribution < 1.29 is 14.3 Å². The molecule has 0 N–H and O–H groups in total. The Kier molecular flexibility index (Phi) is 13.6. The van der Waals surface area contributed by atoms with E-state index in [0.717, 1.165) is 32.2 Å². The first-order valence-corrected chi connectivity index (χ1v) is 13.6. The van der Waals surface area contributed by atoms with Gasteiger partial charge in [-0.05, 0) is 39.2 Å². The van der Waals surface area contributed by atoms with Crippen molar-refractivity contribution in [1.29, 1.82) is 0 Å². The molecule has 1 rings (SSSR count). The molecule has 0 spiro atoms. The van der Waals surface area contributed by atoms with Crippen LogP contribution in [0.25, 0.3) is 0 Å². The lowest BCUT2D eigenvalue weighted by Crippen LogP contribution is -2.43. The minimum Gasteiger partial charge on any atom is -0.380 e. The van der Waals surface area contributed by atoms with Gasteiger partial charge in [0.05, 0.1) is 13.2 Å². The van der Waals surface area contributed by atoms with Crippen molar-refractivity contribution in [3.63, 3.8) is 0 Å². The molecule has 200 valence electrons. The summed E-state index contributed by atoms with van der Waals surface area (Å²) in [6.45, 7) is 20.9. The summed E-state index contributed by atoms with van der Waals surface area (Å²) in [4.78, 5) is 29.4. The van der Waals surface area contributed by atoms with Gasteiger partial charge in [0.15, 0.2) is 0 Å². The molecule has 0 aliphatic carbocycles. The van der Waals surface area contributed by atoms with Crippen molar-refractivity contribution in [3.8, 4) is 0 Å². The van der Waals surface area contributed by atoms with Gasteiger partial charge < -0.3 is 14.5 Å². The fraction of sp³-hybridized carbons (Fsp3) is 0.733. The maximum atomic E-state index is 12.9. The lowest BCUT2D eigenvalue weighted by atomic mass is 9.92. The van der Waals surface area contributed by atoms with Crippen LogP contribution in [-0.2, 0) is 20.7 Å². The Hall–Kier alpha value is -1.88. The lowest BCUT2D eigenvalue weighted by molar-refractivity contribution is -0.133. The van der Waals surface area contributed by atoms with Crippen molar-refractivity contribution in [3.05, 3.63) is 35.4 Å². The van der Waals surface area contributed by atoms with E-state index in [1.165, 1.54) is 11.1 Å². The smallest absolute Gasteiger partial charge is 0.222 e. The minimum absolute atomic E-state index is 0.124. The molecule has 0 aromatic heterocycles. The predicted octanol–water partition coefficient (Wildman–Crippen LogP) is 6.27. The highest BCUT2D eigenvalue weighted by molar-refractivity contribution is 5.76. The van der Waals surface area contributed by atoms with Crippen LogP contribution in [0.3, 0.4) is 0 Å². The van der Waals surface area contributed by atoms with Crippen molar-refractivity contribution in [2.24, 2.45) is 10.8 Å². The van der Waals surface area contributed by atoms with Crippen LogP contribution >= 0.6 is 0 Å². The Bertz CT molecular complexity index is 755. The van der Waals surface area contributed by atoms with Crippen LogP contribution in [0, 0.1) is 17.8 Å². The average molecular weight is 489 g/mol. The zero-order valence-electron chi connectivity index (χ0n) is 23.9. The number of aryl methyl sites for hydroxylation is 2. The summed E-state index contributed by atoms with van der Waals surface area (Å²) < 4.78 is 6.18. The van der Waals surface area contributed by atoms with Crippen LogP contribution < -0.4 is 0 Å². The second kappa shape index (κ2) is 15.3. The maximum Gasteiger partial charge on any atom is 0.222 e. The SMILES string of the molecule is CCCCCC(=O)N(CC)CC(C)(C)COCC(C)(C)CN(CC)C(=O)CCc1ccc(C)cc1. The fourth-order valence-electron chi connectivity index (χ4n) is 4.33. The molecule has 0 aliphatic rings. The Morgan fingerprint density at radius 2 is 1.26 bits per heavy atom. The van der Waals surface area contributed by atoms with E-state index in [2.05, 4.69) is 65.8 Å². The monoisotopic (exact) mass is 488 g/mol. The minimum atomic E-state index is -0.147. The average Bonchev–Trinajstić information content (AvgIpc) is 2.80. The second-order valence-corrected chi connectivity index (χ2v) is 11.6. The van der Waals surface area contributed by atoms with E-state index in [-0.39, 0.29) is 22.6 Å². The molecule has 0 radical (unpaired) electrons. The van der Waals surface area contributed by atoms with Gasteiger partial charge in [-0.1, -0.05) is 77.3 Å². The Morgan fingerprint density at radius 3 is 1.71 bits per heavy atom. The quantitative estimate of drug-likeness (QED) is 0.243. The first-order valence-electron chi connectivity index (χ1n) is 13.6. The third kappa shape index (κ3) is 12.6. The third-order valence-electron chi connectivity index (χ3n) is 6.43. The molecule has 0 bridgehead atoms. The summed E-state index contributed by atoms with van der Waals surface area (Å²) in [5, 5.41) is 0. The number of ether oxygens (including phenoxy) is 1. The Labute approximate surface area is 215 Å². The van der Waals surface area contributed by atoms with E-state index < -0.39 is 0 Å². The zero-order valence-corrected chi connectivity index (χ0v) is 23.9. The summed E-state index contributed by atoms with van der Waals surface area (Å²) >= 11 is 0. The Morgan fingerprint density at radius 1 is 0.771 bits per heavy atom. The topological polar surface area (TPSA) is 49.9 Å². The zero-order chi connectivity index (χ0) is 26.5. The number of unbranched alkanes of at least 4 members (excludes halogenated alkanes) is 2. The van der Waals surface area contributed by atoms with Gasteiger partial charge >= 0.3 is 0 Å². The van der Waals surface area contributed by atoms with Crippen LogP contribution in [0.15, 0.2) is 24.3 Å². The summed E-state index contributed by atoms with van der Waals surface area (Å²) in [5.74, 6) is 0.443. The number of amides is 2. The van der Waals surface area contributed by atoms with E-state index in [1.54, 1.807) is 0 Å². The number of nitrogens with zero attached hydrogens (tertiary/aromatic N) is 2. The number of carbonyl (C=O) groups excluding carboxylic acids is 2. The van der Waals surface area contributed by atoms with Crippen LogP contribution in [0.2, 0.25) is 0 Å². The predicted molar refractivity (Wildman–Crippen MR) is 147 cm³/mol. The van der Waals surface area contributed by atoms with Crippen LogP contribution in [0.1, 0.15) is 91.7 Å². The number of hydrogen-bond acceptors (Lipinski definition) is 3. The van der Waals surface area contributed by atoms with Crippen LogP contribution in [0.5, 0.6) is 0 Å². The molecule has 0 fully saturated rings. The molecule has 0 atom stereocenters. The standard InChI is InChI=1S/C30H52N2O3/c1-9-12-13-14-27(33)31(10-2)21-29(5,6)23-35-24-30(7,8)22-32(11-3)28(34)20-19-26-17-15-25(4)16-18-26/h15-18H,9-14,19-24H2,1-8H3. The third-order valence-corrected chi connectivity index (χ3v) is 6.43. The van der Waals surface area contributed by atoms with E-state index in [1.807, 2.05) is 23.6 Å². The molecule has 0 heterocycles. The first-order chi connectivity index (χ1) is 16.4. The first kappa shape index (κ1) is 31.2. The molecule has 5 heteroatoms. The lowest BCUT2D eigenvalue weighted by Gasteiger charge is -2.35. The largest absolute Gasteiger partial charge is 0.380 e. The molecule has 0 aliphatic heterocycles. The van der Waals surface area contributed by atoms with Gasteiger partial charge in [0.1, 0.15) is 0 Å². The molecule has 2 amide bonds. The highest BCUT2D eigenvalue weighted by Gasteiger charge is 2.28. The molecule has 1 aromatic carbocycles. The van der Waals surface area contributed by atoms with Crippen LogP contribution in [-0.4, -0.2) is 61.0 Å². The highest BCUT2D eigenvalue weighted by Crippen LogP contribution is 2.23. The molecule has 0 saturated heterocycles. The van der Waals surface area contributed by atoms with Gasteiger partial charge in [0, 0.05) is 49.9 Å². The van der Waals surface area contributed by atoms with Crippen molar-refractivity contribution in [1.82, 2.24) is 9.80 Å². The molecular formula is C30H52N2O3. The van der Waals surface area contributed by atoms with Crippen molar-refractivity contribution in [2.45, 2.75) is 93.9 Å². The molecule has 1 aromatic rings. The van der Waals surface area contributed by atoms with Gasteiger partial charge in [-0.25, -0.2) is 0 Å². The normalized spacial score (nSPS) is 12.0. The summed E-state index contributed by atoms with van der Waals surface area (Å²) in [7, 11) is 0. The van der Waals surface area contributed by atoms with Crippen LogP contribution in [0.4, 0.5) is 0 Å². The van der Waals surface area contributed by atoms with E-state index in [4.69, 9.17) is 4.74 Å². The summed E-state index contributed by atoms with van der Waals surface area (Å²) in [6, 6.07) is 8.41. The van der Waals surface area contributed by atoms with E-state index in [0.29, 0.717) is 45.7 Å². The Balaban J connectivity index is 2.52. The van der Waals surface area contributed by atoms with Gasteiger partial charge in [-0.2, -0.15) is 0 Å². The highest BCUT2D eigenvalue weighted by atomic mass is 16.5. The number of rotatable bonds is 17. The second-order valence-electron chi connectivity index (χ2n) is 11.6. The number of benzene rings is 1. The van der Waals surface area contributed by atoms with Gasteiger partial charge in [0.2, 0.25) is 11.8 Å². The van der Waals surface area contributed by atoms with Gasteiger partial charge in [-0.15, -0.1) is 0 Å². The van der Waals surface area contributed by atoms with Gasteiger partial charge in [0.25, 0.3) is 0 Å².